The van der Waals surface area contributed by atoms with Gasteiger partial charge in [0.25, 0.3) is 0 Å². The first-order valence-corrected chi connectivity index (χ1v) is 9.30. The Bertz CT molecular complexity index is 645. The summed E-state index contributed by atoms with van der Waals surface area (Å²) >= 11 is 7.92. The third-order valence-corrected chi connectivity index (χ3v) is 5.61. The van der Waals surface area contributed by atoms with E-state index in [9.17, 15) is 5.11 Å². The van der Waals surface area contributed by atoms with E-state index in [0.717, 1.165) is 19.4 Å². The lowest BCUT2D eigenvalue weighted by Crippen LogP contribution is -2.41. The zero-order valence-electron chi connectivity index (χ0n) is 13.2. The zero-order valence-corrected chi connectivity index (χ0v) is 14.8. The Morgan fingerprint density at radius 1 is 1.39 bits per heavy atom. The van der Waals surface area contributed by atoms with Crippen molar-refractivity contribution < 1.29 is 9.84 Å². The maximum Gasteiger partial charge on any atom is 0.138 e. The van der Waals surface area contributed by atoms with Crippen LogP contribution >= 0.6 is 22.9 Å². The Labute approximate surface area is 146 Å². The predicted molar refractivity (Wildman–Crippen MR) is 95.6 cm³/mol. The second kappa shape index (κ2) is 7.67. The van der Waals surface area contributed by atoms with Gasteiger partial charge in [0.05, 0.1) is 5.02 Å². The second-order valence-corrected chi connectivity index (χ2v) is 7.27. The van der Waals surface area contributed by atoms with E-state index in [1.807, 2.05) is 29.5 Å². The highest BCUT2D eigenvalue weighted by atomic mass is 35.5. The van der Waals surface area contributed by atoms with E-state index in [4.69, 9.17) is 16.3 Å². The van der Waals surface area contributed by atoms with Crippen molar-refractivity contribution in [2.24, 2.45) is 0 Å². The predicted octanol–water partition coefficient (Wildman–Crippen LogP) is 4.15. The van der Waals surface area contributed by atoms with Crippen molar-refractivity contribution in [1.29, 1.82) is 0 Å². The summed E-state index contributed by atoms with van der Waals surface area (Å²) in [5.74, 6) is 0.624. The van der Waals surface area contributed by atoms with Crippen LogP contribution in [0.1, 0.15) is 29.8 Å². The van der Waals surface area contributed by atoms with Gasteiger partial charge in [0, 0.05) is 24.0 Å². The lowest BCUT2D eigenvalue weighted by atomic mass is 9.97. The molecule has 0 bridgehead atoms. The van der Waals surface area contributed by atoms with E-state index in [1.54, 1.807) is 6.07 Å². The highest BCUT2D eigenvalue weighted by Crippen LogP contribution is 2.35. The van der Waals surface area contributed by atoms with Gasteiger partial charge in [-0.1, -0.05) is 30.7 Å². The highest BCUT2D eigenvalue weighted by molar-refractivity contribution is 7.10. The Hall–Kier alpha value is -1.07. The van der Waals surface area contributed by atoms with E-state index in [-0.39, 0.29) is 6.61 Å². The monoisotopic (exact) mass is 351 g/mol. The zero-order chi connectivity index (χ0) is 16.2. The maximum atomic E-state index is 10.4. The Morgan fingerprint density at radius 2 is 2.22 bits per heavy atom. The molecule has 23 heavy (non-hydrogen) atoms. The van der Waals surface area contributed by atoms with E-state index in [1.165, 1.54) is 10.4 Å². The molecule has 1 N–H and O–H groups in total. The molecule has 2 heterocycles. The quantitative estimate of drug-likeness (QED) is 0.848. The van der Waals surface area contributed by atoms with Crippen LogP contribution in [-0.2, 0) is 6.42 Å². The standard InChI is InChI=1S/C18H22ClNO2S/c1-2-16-14-8-10-23-18(14)7-9-20(16)11-13(21)12-22-17-6-4-3-5-15(17)19/h3-6,8,10,13,16,21H,2,7,9,11-12H2,1H3. The molecule has 1 aromatic carbocycles. The summed E-state index contributed by atoms with van der Waals surface area (Å²) in [6.45, 7) is 4.08. The van der Waals surface area contributed by atoms with E-state index >= 15 is 0 Å². The number of β-amino-alcohol motifs (C(OH)–C–C–N with tert-alkyl or cyclic N) is 1. The summed E-state index contributed by atoms with van der Waals surface area (Å²) in [5.41, 5.74) is 1.43. The number of hydrogen-bond acceptors (Lipinski definition) is 4. The molecule has 1 aliphatic rings. The highest BCUT2D eigenvalue weighted by Gasteiger charge is 2.28. The average Bonchev–Trinajstić information content (AvgIpc) is 3.02. The fourth-order valence-corrected chi connectivity index (χ4v) is 4.33. The van der Waals surface area contributed by atoms with Gasteiger partial charge in [0.1, 0.15) is 18.5 Å². The second-order valence-electron chi connectivity index (χ2n) is 5.86. The van der Waals surface area contributed by atoms with Crippen LogP contribution in [0.3, 0.4) is 0 Å². The van der Waals surface area contributed by atoms with Crippen LogP contribution in [-0.4, -0.2) is 35.8 Å². The van der Waals surface area contributed by atoms with Crippen LogP contribution in [0.5, 0.6) is 5.75 Å². The number of aliphatic hydroxyl groups is 1. The molecule has 3 nitrogen and oxygen atoms in total. The van der Waals surface area contributed by atoms with Gasteiger partial charge in [-0.3, -0.25) is 4.90 Å². The summed E-state index contributed by atoms with van der Waals surface area (Å²) in [7, 11) is 0. The fraction of sp³-hybridized carbons (Fsp3) is 0.444. The topological polar surface area (TPSA) is 32.7 Å². The van der Waals surface area contributed by atoms with E-state index in [0.29, 0.717) is 23.4 Å². The molecular weight excluding hydrogens is 330 g/mol. The number of nitrogens with zero attached hydrogens (tertiary/aromatic N) is 1. The van der Waals surface area contributed by atoms with Crippen LogP contribution in [0.15, 0.2) is 35.7 Å². The SMILES string of the molecule is CCC1c2ccsc2CCN1CC(O)COc1ccccc1Cl. The van der Waals surface area contributed by atoms with E-state index in [2.05, 4.69) is 23.3 Å². The number of hydrogen-bond donors (Lipinski definition) is 1. The van der Waals surface area contributed by atoms with Crippen molar-refractivity contribution in [3.63, 3.8) is 0 Å². The van der Waals surface area contributed by atoms with Gasteiger partial charge < -0.3 is 9.84 Å². The molecular formula is C18H22ClNO2S. The molecule has 0 radical (unpaired) electrons. The lowest BCUT2D eigenvalue weighted by Gasteiger charge is -2.36. The number of ether oxygens (including phenoxy) is 1. The molecule has 124 valence electrons. The van der Waals surface area contributed by atoms with Crippen LogP contribution in [0.2, 0.25) is 5.02 Å². The van der Waals surface area contributed by atoms with E-state index < -0.39 is 6.10 Å². The molecule has 1 aliphatic heterocycles. The number of aliphatic hydroxyl groups excluding tert-OH is 1. The number of para-hydroxylation sites is 1. The molecule has 0 spiro atoms. The lowest BCUT2D eigenvalue weighted by molar-refractivity contribution is 0.0479. The minimum Gasteiger partial charge on any atom is -0.489 e. The number of benzene rings is 1. The summed E-state index contributed by atoms with van der Waals surface area (Å²) in [6.07, 6.45) is 1.60. The summed E-state index contributed by atoms with van der Waals surface area (Å²) in [4.78, 5) is 3.87. The molecule has 1 aromatic heterocycles. The summed E-state index contributed by atoms with van der Waals surface area (Å²) < 4.78 is 5.66. The third-order valence-electron chi connectivity index (χ3n) is 4.31. The molecule has 2 unspecified atom stereocenters. The normalized spacial score (nSPS) is 19.3. The molecule has 0 fully saturated rings. The number of halogens is 1. The number of fused-ring (bicyclic) bond motifs is 1. The van der Waals surface area contributed by atoms with Gasteiger partial charge >= 0.3 is 0 Å². The molecule has 2 atom stereocenters. The molecule has 5 heteroatoms. The van der Waals surface area contributed by atoms with Crippen LogP contribution in [0.25, 0.3) is 0 Å². The van der Waals surface area contributed by atoms with Crippen molar-refractivity contribution in [3.8, 4) is 5.75 Å². The first-order valence-electron chi connectivity index (χ1n) is 8.04. The van der Waals surface area contributed by atoms with Crippen molar-refractivity contribution >= 4 is 22.9 Å². The fourth-order valence-electron chi connectivity index (χ4n) is 3.22. The largest absolute Gasteiger partial charge is 0.489 e. The first kappa shape index (κ1) is 16.8. The summed E-state index contributed by atoms with van der Waals surface area (Å²) in [5, 5.41) is 13.1. The van der Waals surface area contributed by atoms with Gasteiger partial charge in [-0.25, -0.2) is 0 Å². The van der Waals surface area contributed by atoms with Gasteiger partial charge in [-0.2, -0.15) is 0 Å². The molecule has 0 aliphatic carbocycles. The van der Waals surface area contributed by atoms with Gasteiger partial charge in [-0.05, 0) is 42.0 Å². The van der Waals surface area contributed by atoms with Crippen molar-refractivity contribution in [1.82, 2.24) is 4.90 Å². The smallest absolute Gasteiger partial charge is 0.138 e. The van der Waals surface area contributed by atoms with Gasteiger partial charge in [0.15, 0.2) is 0 Å². The van der Waals surface area contributed by atoms with Crippen molar-refractivity contribution in [3.05, 3.63) is 51.2 Å². The molecule has 3 rings (SSSR count). The Kier molecular flexibility index (Phi) is 5.59. The first-order chi connectivity index (χ1) is 11.2. The van der Waals surface area contributed by atoms with Gasteiger partial charge in [0.2, 0.25) is 0 Å². The summed E-state index contributed by atoms with van der Waals surface area (Å²) in [6, 6.07) is 9.99. The average molecular weight is 352 g/mol. The molecule has 0 amide bonds. The number of rotatable bonds is 6. The van der Waals surface area contributed by atoms with Crippen molar-refractivity contribution in [2.45, 2.75) is 31.9 Å². The van der Waals surface area contributed by atoms with Crippen LogP contribution < -0.4 is 4.74 Å². The molecule has 2 aromatic rings. The minimum absolute atomic E-state index is 0.257. The van der Waals surface area contributed by atoms with Gasteiger partial charge in [-0.15, -0.1) is 11.3 Å². The Balaban J connectivity index is 1.57. The minimum atomic E-state index is -0.527. The molecule has 0 saturated carbocycles. The maximum absolute atomic E-state index is 10.4. The number of thiophene rings is 1. The molecule has 0 saturated heterocycles. The van der Waals surface area contributed by atoms with Crippen molar-refractivity contribution in [2.75, 3.05) is 19.7 Å². The Morgan fingerprint density at radius 3 is 3.00 bits per heavy atom. The third kappa shape index (κ3) is 3.89. The van der Waals surface area contributed by atoms with Crippen LogP contribution in [0, 0.1) is 0 Å². The van der Waals surface area contributed by atoms with Crippen LogP contribution in [0.4, 0.5) is 0 Å².